The van der Waals surface area contributed by atoms with Crippen LogP contribution in [-0.2, 0) is 16.1 Å². The number of rotatable bonds is 10. The van der Waals surface area contributed by atoms with Gasteiger partial charge in [-0.3, -0.25) is 9.59 Å². The largest absolute Gasteiger partial charge is 0.497 e. The summed E-state index contributed by atoms with van der Waals surface area (Å²) in [5.74, 6) is 1.28. The SMILES string of the molecule is COc1ccc(CN(C(=O)COc2ccc(C)c(C)c2)[C@@H](C)C(=O)NCC(C)C)cc1. The Bertz CT molecular complexity index is 878. The summed E-state index contributed by atoms with van der Waals surface area (Å²) in [5.41, 5.74) is 3.17. The third-order valence-corrected chi connectivity index (χ3v) is 5.20. The minimum atomic E-state index is -0.628. The van der Waals surface area contributed by atoms with Crippen LogP contribution in [0.5, 0.6) is 11.5 Å². The summed E-state index contributed by atoms with van der Waals surface area (Å²) < 4.78 is 10.9. The van der Waals surface area contributed by atoms with Crippen LogP contribution in [0.1, 0.15) is 37.5 Å². The molecule has 0 spiro atoms. The predicted molar refractivity (Wildman–Crippen MR) is 122 cm³/mol. The quantitative estimate of drug-likeness (QED) is 0.626. The molecule has 1 N–H and O–H groups in total. The number of benzene rings is 2. The van der Waals surface area contributed by atoms with Crippen LogP contribution < -0.4 is 14.8 Å². The summed E-state index contributed by atoms with van der Waals surface area (Å²) in [4.78, 5) is 27.3. The van der Waals surface area contributed by atoms with Gasteiger partial charge in [0.1, 0.15) is 17.5 Å². The van der Waals surface area contributed by atoms with Crippen LogP contribution in [0, 0.1) is 19.8 Å². The lowest BCUT2D eigenvalue weighted by molar-refractivity contribution is -0.142. The molecule has 0 aliphatic carbocycles. The predicted octanol–water partition coefficient (Wildman–Crippen LogP) is 3.88. The normalized spacial score (nSPS) is 11.7. The fraction of sp³-hybridized carbons (Fsp3) is 0.440. The van der Waals surface area contributed by atoms with Crippen molar-refractivity contribution in [3.05, 3.63) is 59.2 Å². The molecular weight excluding hydrogens is 392 g/mol. The molecule has 0 bridgehead atoms. The Morgan fingerprint density at radius 2 is 1.61 bits per heavy atom. The van der Waals surface area contributed by atoms with Gasteiger partial charge in [-0.25, -0.2) is 0 Å². The molecule has 0 unspecified atom stereocenters. The zero-order chi connectivity index (χ0) is 23.0. The molecule has 0 saturated heterocycles. The maximum Gasteiger partial charge on any atom is 0.261 e. The van der Waals surface area contributed by atoms with Gasteiger partial charge in [-0.05, 0) is 67.6 Å². The highest BCUT2D eigenvalue weighted by atomic mass is 16.5. The van der Waals surface area contributed by atoms with Crippen LogP contribution in [0.4, 0.5) is 0 Å². The molecule has 0 aliphatic rings. The number of hydrogen-bond donors (Lipinski definition) is 1. The molecule has 0 aliphatic heterocycles. The molecule has 1 atom stereocenters. The third-order valence-electron chi connectivity index (χ3n) is 5.20. The van der Waals surface area contributed by atoms with Crippen molar-refractivity contribution in [1.29, 1.82) is 0 Å². The van der Waals surface area contributed by atoms with E-state index in [0.29, 0.717) is 24.8 Å². The second-order valence-corrected chi connectivity index (χ2v) is 8.22. The number of carbonyl (C=O) groups excluding carboxylic acids is 2. The first-order valence-corrected chi connectivity index (χ1v) is 10.6. The van der Waals surface area contributed by atoms with Crippen molar-refractivity contribution in [2.24, 2.45) is 5.92 Å². The molecule has 6 nitrogen and oxygen atoms in total. The maximum atomic E-state index is 13.1. The monoisotopic (exact) mass is 426 g/mol. The van der Waals surface area contributed by atoms with Crippen LogP contribution in [0.3, 0.4) is 0 Å². The molecular formula is C25H34N2O4. The van der Waals surface area contributed by atoms with Crippen molar-refractivity contribution >= 4 is 11.8 Å². The van der Waals surface area contributed by atoms with Gasteiger partial charge in [0.25, 0.3) is 5.91 Å². The maximum absolute atomic E-state index is 13.1. The number of nitrogens with zero attached hydrogens (tertiary/aromatic N) is 1. The highest BCUT2D eigenvalue weighted by molar-refractivity contribution is 5.88. The molecule has 0 fully saturated rings. The van der Waals surface area contributed by atoms with Gasteiger partial charge in [-0.15, -0.1) is 0 Å². The van der Waals surface area contributed by atoms with Gasteiger partial charge >= 0.3 is 0 Å². The fourth-order valence-electron chi connectivity index (χ4n) is 2.99. The minimum Gasteiger partial charge on any atom is -0.497 e. The van der Waals surface area contributed by atoms with Crippen LogP contribution in [0.25, 0.3) is 0 Å². The lowest BCUT2D eigenvalue weighted by Crippen LogP contribution is -2.49. The Morgan fingerprint density at radius 3 is 2.19 bits per heavy atom. The van der Waals surface area contributed by atoms with Crippen LogP contribution in [0.2, 0.25) is 0 Å². The lowest BCUT2D eigenvalue weighted by atomic mass is 10.1. The molecule has 2 aromatic rings. The lowest BCUT2D eigenvalue weighted by Gasteiger charge is -2.29. The summed E-state index contributed by atoms with van der Waals surface area (Å²) in [6, 6.07) is 12.6. The van der Waals surface area contributed by atoms with E-state index in [-0.39, 0.29) is 18.4 Å². The summed E-state index contributed by atoms with van der Waals surface area (Å²) in [5, 5.41) is 2.92. The van der Waals surface area contributed by atoms with E-state index >= 15 is 0 Å². The Morgan fingerprint density at radius 1 is 0.968 bits per heavy atom. The first kappa shape index (κ1) is 24.3. The molecule has 31 heavy (non-hydrogen) atoms. The molecule has 6 heteroatoms. The summed E-state index contributed by atoms with van der Waals surface area (Å²) in [6.07, 6.45) is 0. The smallest absolute Gasteiger partial charge is 0.261 e. The van der Waals surface area contributed by atoms with Crippen LogP contribution in [0.15, 0.2) is 42.5 Å². The van der Waals surface area contributed by atoms with Crippen LogP contribution in [-0.4, -0.2) is 43.0 Å². The zero-order valence-electron chi connectivity index (χ0n) is 19.4. The zero-order valence-corrected chi connectivity index (χ0v) is 19.4. The van der Waals surface area contributed by atoms with Gasteiger partial charge in [0.15, 0.2) is 6.61 Å². The van der Waals surface area contributed by atoms with E-state index in [9.17, 15) is 9.59 Å². The molecule has 2 amide bonds. The Kier molecular flexibility index (Phi) is 8.91. The van der Waals surface area contributed by atoms with Gasteiger partial charge in [-0.2, -0.15) is 0 Å². The van der Waals surface area contributed by atoms with E-state index in [0.717, 1.165) is 22.4 Å². The van der Waals surface area contributed by atoms with Gasteiger partial charge in [0, 0.05) is 13.1 Å². The first-order chi connectivity index (χ1) is 14.7. The minimum absolute atomic E-state index is 0.138. The van der Waals surface area contributed by atoms with E-state index in [1.165, 1.54) is 0 Å². The number of methoxy groups -OCH3 is 1. The molecule has 0 radical (unpaired) electrons. The standard InChI is InChI=1S/C25H34N2O4/c1-17(2)14-26-25(29)20(5)27(15-21-8-11-22(30-6)12-9-21)24(28)16-31-23-10-7-18(3)19(4)13-23/h7-13,17,20H,14-16H2,1-6H3,(H,26,29)/t20-/m0/s1. The summed E-state index contributed by atoms with van der Waals surface area (Å²) >= 11 is 0. The highest BCUT2D eigenvalue weighted by Crippen LogP contribution is 2.18. The van der Waals surface area contributed by atoms with E-state index < -0.39 is 6.04 Å². The number of carbonyl (C=O) groups is 2. The second kappa shape index (κ2) is 11.4. The number of amides is 2. The number of hydrogen-bond acceptors (Lipinski definition) is 4. The van der Waals surface area contributed by atoms with E-state index in [2.05, 4.69) is 5.32 Å². The second-order valence-electron chi connectivity index (χ2n) is 8.22. The third kappa shape index (κ3) is 7.31. The topological polar surface area (TPSA) is 67.9 Å². The molecule has 2 aromatic carbocycles. The van der Waals surface area contributed by atoms with Gasteiger partial charge in [0.2, 0.25) is 5.91 Å². The van der Waals surface area contributed by atoms with Crippen molar-refractivity contribution in [2.75, 3.05) is 20.3 Å². The molecule has 0 saturated carbocycles. The van der Waals surface area contributed by atoms with Gasteiger partial charge < -0.3 is 19.7 Å². The average molecular weight is 427 g/mol. The number of nitrogens with one attached hydrogen (secondary N) is 1. The summed E-state index contributed by atoms with van der Waals surface area (Å²) in [6.45, 7) is 10.6. The molecule has 0 heterocycles. The van der Waals surface area contributed by atoms with E-state index in [1.807, 2.05) is 70.2 Å². The highest BCUT2D eigenvalue weighted by Gasteiger charge is 2.26. The fourth-order valence-corrected chi connectivity index (χ4v) is 2.99. The van der Waals surface area contributed by atoms with Gasteiger partial charge in [-0.1, -0.05) is 32.0 Å². The van der Waals surface area contributed by atoms with Crippen molar-refractivity contribution in [3.8, 4) is 11.5 Å². The van der Waals surface area contributed by atoms with Crippen LogP contribution >= 0.6 is 0 Å². The van der Waals surface area contributed by atoms with Crippen molar-refractivity contribution in [1.82, 2.24) is 10.2 Å². The number of ether oxygens (including phenoxy) is 2. The van der Waals surface area contributed by atoms with Gasteiger partial charge in [0.05, 0.1) is 7.11 Å². The van der Waals surface area contributed by atoms with Crippen molar-refractivity contribution in [3.63, 3.8) is 0 Å². The van der Waals surface area contributed by atoms with Crippen molar-refractivity contribution in [2.45, 2.75) is 47.2 Å². The number of aryl methyl sites for hydroxylation is 2. The van der Waals surface area contributed by atoms with E-state index in [1.54, 1.807) is 18.9 Å². The molecule has 0 aromatic heterocycles. The Balaban J connectivity index is 2.14. The molecule has 2 rings (SSSR count). The van der Waals surface area contributed by atoms with E-state index in [4.69, 9.17) is 9.47 Å². The average Bonchev–Trinajstić information content (AvgIpc) is 2.76. The Labute approximate surface area is 185 Å². The summed E-state index contributed by atoms with van der Waals surface area (Å²) in [7, 11) is 1.61. The Hall–Kier alpha value is -3.02. The first-order valence-electron chi connectivity index (χ1n) is 10.6. The molecule has 168 valence electrons. The van der Waals surface area contributed by atoms with Crippen molar-refractivity contribution < 1.29 is 19.1 Å².